The van der Waals surface area contributed by atoms with Crippen LogP contribution in [0, 0.1) is 12.3 Å². The Bertz CT molecular complexity index is 669. The molecule has 10 heteroatoms. The number of halogens is 6. The number of hydrogen-bond donors (Lipinski definition) is 0. The van der Waals surface area contributed by atoms with Gasteiger partial charge < -0.3 is 9.80 Å². The molecular formula is C14H11F6N3O. The Labute approximate surface area is 133 Å². The van der Waals surface area contributed by atoms with Crippen LogP contribution in [-0.4, -0.2) is 48.1 Å². The van der Waals surface area contributed by atoms with E-state index in [0.29, 0.717) is 4.90 Å². The average molecular weight is 351 g/mol. The van der Waals surface area contributed by atoms with Crippen LogP contribution >= 0.6 is 0 Å². The van der Waals surface area contributed by atoms with E-state index in [1.54, 1.807) is 0 Å². The van der Waals surface area contributed by atoms with Crippen molar-refractivity contribution < 1.29 is 31.1 Å². The summed E-state index contributed by atoms with van der Waals surface area (Å²) in [4.78, 5) is 16.6. The van der Waals surface area contributed by atoms with Gasteiger partial charge in [0.25, 0.3) is 0 Å². The predicted molar refractivity (Wildman–Crippen MR) is 72.0 cm³/mol. The van der Waals surface area contributed by atoms with Crippen molar-refractivity contribution in [1.82, 2.24) is 9.88 Å². The summed E-state index contributed by atoms with van der Waals surface area (Å²) in [6.45, 7) is -1.11. The molecule has 0 atom stereocenters. The fraction of sp³-hybridized carbons (Fsp3) is 0.429. The van der Waals surface area contributed by atoms with Gasteiger partial charge in [-0.3, -0.25) is 4.79 Å². The number of aromatic nitrogens is 1. The third-order valence-corrected chi connectivity index (χ3v) is 3.45. The van der Waals surface area contributed by atoms with Gasteiger partial charge in [0.2, 0.25) is 0 Å². The molecule has 2 rings (SSSR count). The number of piperazine rings is 1. The highest BCUT2D eigenvalue weighted by atomic mass is 19.4. The van der Waals surface area contributed by atoms with Crippen LogP contribution in [0.25, 0.3) is 0 Å². The first kappa shape index (κ1) is 17.9. The van der Waals surface area contributed by atoms with Crippen LogP contribution in [-0.2, 0) is 11.0 Å². The minimum atomic E-state index is -5.01. The Morgan fingerprint density at radius 3 is 2.17 bits per heavy atom. The van der Waals surface area contributed by atoms with E-state index in [4.69, 9.17) is 6.42 Å². The van der Waals surface area contributed by atoms with Crippen molar-refractivity contribution in [3.8, 4) is 12.3 Å². The average Bonchev–Trinajstić information content (AvgIpc) is 2.52. The summed E-state index contributed by atoms with van der Waals surface area (Å²) in [6, 6.07) is 0.759. The third kappa shape index (κ3) is 3.72. The minimum absolute atomic E-state index is 0.0584. The Kier molecular flexibility index (Phi) is 4.64. The number of alkyl halides is 6. The molecule has 0 N–H and O–H groups in total. The quantitative estimate of drug-likeness (QED) is 0.576. The highest BCUT2D eigenvalue weighted by molar-refractivity contribution is 5.82. The monoisotopic (exact) mass is 351 g/mol. The van der Waals surface area contributed by atoms with Gasteiger partial charge >= 0.3 is 18.3 Å². The van der Waals surface area contributed by atoms with Crippen LogP contribution in [0.3, 0.4) is 0 Å². The molecule has 0 unspecified atom stereocenters. The van der Waals surface area contributed by atoms with Crippen molar-refractivity contribution in [2.75, 3.05) is 31.1 Å². The Morgan fingerprint density at radius 1 is 1.12 bits per heavy atom. The molecule has 2 heterocycles. The van der Waals surface area contributed by atoms with E-state index in [9.17, 15) is 31.1 Å². The number of pyridine rings is 1. The molecule has 0 saturated carbocycles. The van der Waals surface area contributed by atoms with Crippen molar-refractivity contribution in [2.45, 2.75) is 12.4 Å². The van der Waals surface area contributed by atoms with Crippen LogP contribution in [0.2, 0.25) is 0 Å². The topological polar surface area (TPSA) is 36.4 Å². The minimum Gasteiger partial charge on any atom is -0.353 e. The summed E-state index contributed by atoms with van der Waals surface area (Å²) in [5.74, 6) is -0.373. The number of carbonyl (C=O) groups excluding carboxylic acids is 1. The SMILES string of the molecule is C#Cc1cnc(N2CCN(C(=O)C(F)(F)F)CC2)c(C(F)(F)F)c1. The van der Waals surface area contributed by atoms with Gasteiger partial charge in [-0.2, -0.15) is 26.3 Å². The molecule has 0 aromatic carbocycles. The van der Waals surface area contributed by atoms with E-state index in [0.717, 1.165) is 12.3 Å². The molecule has 1 saturated heterocycles. The van der Waals surface area contributed by atoms with Gasteiger partial charge in [-0.15, -0.1) is 6.42 Å². The van der Waals surface area contributed by atoms with Crippen molar-refractivity contribution in [2.24, 2.45) is 0 Å². The highest BCUT2D eigenvalue weighted by Gasteiger charge is 2.44. The smallest absolute Gasteiger partial charge is 0.353 e. The van der Waals surface area contributed by atoms with Gasteiger partial charge in [0.15, 0.2) is 0 Å². The molecule has 0 radical (unpaired) electrons. The Hall–Kier alpha value is -2.44. The second-order valence-corrected chi connectivity index (χ2v) is 5.01. The van der Waals surface area contributed by atoms with E-state index < -0.39 is 29.6 Å². The van der Waals surface area contributed by atoms with Gasteiger partial charge in [-0.05, 0) is 6.07 Å². The fourth-order valence-electron chi connectivity index (χ4n) is 2.30. The second-order valence-electron chi connectivity index (χ2n) is 5.01. The zero-order valence-electron chi connectivity index (χ0n) is 12.1. The molecule has 1 aliphatic heterocycles. The van der Waals surface area contributed by atoms with Crippen molar-refractivity contribution in [3.05, 3.63) is 23.4 Å². The summed E-state index contributed by atoms with van der Waals surface area (Å²) in [6.07, 6.45) is -3.58. The van der Waals surface area contributed by atoms with Crippen molar-refractivity contribution in [1.29, 1.82) is 0 Å². The van der Waals surface area contributed by atoms with E-state index in [-0.39, 0.29) is 31.7 Å². The third-order valence-electron chi connectivity index (χ3n) is 3.45. The number of terminal acetylenes is 1. The molecule has 130 valence electrons. The maximum atomic E-state index is 13.1. The molecule has 0 aliphatic carbocycles. The number of hydrogen-bond acceptors (Lipinski definition) is 3. The van der Waals surface area contributed by atoms with Gasteiger partial charge in [0.1, 0.15) is 5.82 Å². The number of anilines is 1. The lowest BCUT2D eigenvalue weighted by Gasteiger charge is -2.36. The normalized spacial score (nSPS) is 16.0. The van der Waals surface area contributed by atoms with Crippen LogP contribution in [0.15, 0.2) is 12.3 Å². The molecule has 0 bridgehead atoms. The van der Waals surface area contributed by atoms with E-state index >= 15 is 0 Å². The van der Waals surface area contributed by atoms with Crippen LogP contribution in [0.4, 0.5) is 32.2 Å². The number of amides is 1. The van der Waals surface area contributed by atoms with Crippen LogP contribution in [0.5, 0.6) is 0 Å². The number of nitrogens with zero attached hydrogens (tertiary/aromatic N) is 3. The molecule has 1 amide bonds. The molecule has 1 aliphatic rings. The van der Waals surface area contributed by atoms with Gasteiger partial charge in [0, 0.05) is 37.9 Å². The first-order valence-corrected chi connectivity index (χ1v) is 6.69. The zero-order valence-corrected chi connectivity index (χ0v) is 12.1. The molecule has 1 aromatic rings. The van der Waals surface area contributed by atoms with Gasteiger partial charge in [-0.25, -0.2) is 4.98 Å². The highest BCUT2D eigenvalue weighted by Crippen LogP contribution is 2.36. The zero-order chi connectivity index (χ0) is 18.1. The first-order valence-electron chi connectivity index (χ1n) is 6.69. The fourth-order valence-corrected chi connectivity index (χ4v) is 2.30. The van der Waals surface area contributed by atoms with Crippen LogP contribution < -0.4 is 4.90 Å². The van der Waals surface area contributed by atoms with Gasteiger partial charge in [-0.1, -0.05) is 5.92 Å². The first-order chi connectivity index (χ1) is 11.0. The summed E-state index contributed by atoms with van der Waals surface area (Å²) in [5.41, 5.74) is -1.12. The Balaban J connectivity index is 2.21. The maximum Gasteiger partial charge on any atom is 0.471 e. The number of rotatable bonds is 1. The standard InChI is InChI=1S/C14H11F6N3O/c1-2-9-7-10(13(15,16)17)11(21-8-9)22-3-5-23(6-4-22)12(24)14(18,19)20/h1,7-8H,3-6H2. The summed E-state index contributed by atoms with van der Waals surface area (Å²) in [7, 11) is 0. The van der Waals surface area contributed by atoms with Gasteiger partial charge in [0.05, 0.1) is 5.56 Å². The molecule has 1 fully saturated rings. The molecule has 4 nitrogen and oxygen atoms in total. The lowest BCUT2D eigenvalue weighted by atomic mass is 10.1. The molecule has 24 heavy (non-hydrogen) atoms. The second kappa shape index (κ2) is 6.22. The van der Waals surface area contributed by atoms with Crippen molar-refractivity contribution in [3.63, 3.8) is 0 Å². The number of carbonyl (C=O) groups is 1. The predicted octanol–water partition coefficient (Wildman–Crippen LogP) is 2.29. The van der Waals surface area contributed by atoms with Crippen molar-refractivity contribution >= 4 is 11.7 Å². The maximum absolute atomic E-state index is 13.1. The largest absolute Gasteiger partial charge is 0.471 e. The lowest BCUT2D eigenvalue weighted by Crippen LogP contribution is -2.52. The summed E-state index contributed by atoms with van der Waals surface area (Å²) >= 11 is 0. The Morgan fingerprint density at radius 2 is 1.71 bits per heavy atom. The molecular weight excluding hydrogens is 340 g/mol. The summed E-state index contributed by atoms with van der Waals surface area (Å²) < 4.78 is 76.5. The van der Waals surface area contributed by atoms with Crippen LogP contribution in [0.1, 0.15) is 11.1 Å². The summed E-state index contributed by atoms with van der Waals surface area (Å²) in [5, 5.41) is 0. The molecule has 1 aromatic heterocycles. The molecule has 0 spiro atoms. The van der Waals surface area contributed by atoms with E-state index in [2.05, 4.69) is 4.98 Å². The van der Waals surface area contributed by atoms with E-state index in [1.165, 1.54) is 4.90 Å². The van der Waals surface area contributed by atoms with E-state index in [1.807, 2.05) is 5.92 Å². The lowest BCUT2D eigenvalue weighted by molar-refractivity contribution is -0.185.